The fourth-order valence-electron chi connectivity index (χ4n) is 2.05. The Labute approximate surface area is 93.3 Å². The highest BCUT2D eigenvalue weighted by Crippen LogP contribution is 2.29. The highest BCUT2D eigenvalue weighted by atomic mass is 79.9. The average molecular weight is 255 g/mol. The lowest BCUT2D eigenvalue weighted by molar-refractivity contribution is 0.409. The zero-order valence-corrected chi connectivity index (χ0v) is 9.97. The Morgan fingerprint density at radius 3 is 3.00 bits per heavy atom. The van der Waals surface area contributed by atoms with Crippen LogP contribution in [0.2, 0.25) is 0 Å². The van der Waals surface area contributed by atoms with Gasteiger partial charge in [-0.05, 0) is 53.9 Å². The van der Waals surface area contributed by atoms with E-state index in [4.69, 9.17) is 0 Å². The summed E-state index contributed by atoms with van der Waals surface area (Å²) < 4.78 is 0.997. The maximum atomic E-state index is 4.29. The fourth-order valence-corrected chi connectivity index (χ4v) is 2.76. The Morgan fingerprint density at radius 2 is 2.36 bits per heavy atom. The van der Waals surface area contributed by atoms with Crippen LogP contribution in [0.3, 0.4) is 0 Å². The fraction of sp³-hybridized carbons (Fsp3) is 0.545. The highest BCUT2D eigenvalue weighted by Gasteiger charge is 2.19. The molecule has 0 amide bonds. The first-order chi connectivity index (χ1) is 6.79. The summed E-state index contributed by atoms with van der Waals surface area (Å²) in [5, 5.41) is 3.55. The summed E-state index contributed by atoms with van der Waals surface area (Å²) in [6.07, 6.45) is 5.70. The first-order valence-electron chi connectivity index (χ1n) is 5.13. The van der Waals surface area contributed by atoms with Crippen molar-refractivity contribution in [3.8, 4) is 0 Å². The molecule has 2 rings (SSSR count). The van der Waals surface area contributed by atoms with Gasteiger partial charge in [-0.2, -0.15) is 0 Å². The van der Waals surface area contributed by atoms with E-state index < -0.39 is 0 Å². The van der Waals surface area contributed by atoms with Crippen molar-refractivity contribution in [3.63, 3.8) is 0 Å². The van der Waals surface area contributed by atoms with Crippen LogP contribution in [0, 0.1) is 6.92 Å². The van der Waals surface area contributed by atoms with Gasteiger partial charge in [-0.25, -0.2) is 4.98 Å². The summed E-state index contributed by atoms with van der Waals surface area (Å²) in [6, 6.07) is 2.57. The third-order valence-corrected chi connectivity index (χ3v) is 3.45. The van der Waals surface area contributed by atoms with Gasteiger partial charge in [0, 0.05) is 17.8 Å². The van der Waals surface area contributed by atoms with Gasteiger partial charge >= 0.3 is 0 Å². The second kappa shape index (κ2) is 4.41. The van der Waals surface area contributed by atoms with E-state index in [2.05, 4.69) is 39.2 Å². The minimum absolute atomic E-state index is 0.492. The van der Waals surface area contributed by atoms with Gasteiger partial charge in [-0.3, -0.25) is 0 Å². The van der Waals surface area contributed by atoms with Gasteiger partial charge in [0.05, 0.1) is 0 Å². The molecule has 1 aliphatic rings. The largest absolute Gasteiger partial charge is 0.310 e. The Balaban J connectivity index is 2.29. The van der Waals surface area contributed by atoms with Crippen LogP contribution in [0.25, 0.3) is 0 Å². The summed E-state index contributed by atoms with van der Waals surface area (Å²) in [5.74, 6) is 0. The predicted octanol–water partition coefficient (Wildman–Crippen LogP) is 2.97. The van der Waals surface area contributed by atoms with Gasteiger partial charge in [-0.15, -0.1) is 0 Å². The van der Waals surface area contributed by atoms with Crippen LogP contribution in [0.4, 0.5) is 0 Å². The summed E-state index contributed by atoms with van der Waals surface area (Å²) in [7, 11) is 0. The maximum Gasteiger partial charge on any atom is 0.111 e. The third kappa shape index (κ3) is 1.98. The predicted molar refractivity (Wildman–Crippen MR) is 61.3 cm³/mol. The van der Waals surface area contributed by atoms with Crippen LogP contribution in [0.5, 0.6) is 0 Å². The molecule has 1 aliphatic heterocycles. The van der Waals surface area contributed by atoms with Crippen molar-refractivity contribution in [1.82, 2.24) is 10.3 Å². The van der Waals surface area contributed by atoms with E-state index in [-0.39, 0.29) is 0 Å². The molecule has 76 valence electrons. The number of rotatable bonds is 1. The number of piperidine rings is 1. The maximum absolute atomic E-state index is 4.29. The number of aromatic nitrogens is 1. The molecule has 14 heavy (non-hydrogen) atoms. The normalized spacial score (nSPS) is 22.3. The van der Waals surface area contributed by atoms with Crippen LogP contribution >= 0.6 is 15.9 Å². The standard InChI is InChI=1S/C11H15BrN2/c1-8-5-7-14-11(12)10(8)9-4-2-3-6-13-9/h5,7,9,13H,2-4,6H2,1H3/t9-/m0/s1. The van der Waals surface area contributed by atoms with Crippen LogP contribution in [0.1, 0.15) is 36.4 Å². The van der Waals surface area contributed by atoms with Gasteiger partial charge in [0.1, 0.15) is 4.60 Å². The van der Waals surface area contributed by atoms with Gasteiger partial charge < -0.3 is 5.32 Å². The van der Waals surface area contributed by atoms with Crippen molar-refractivity contribution >= 4 is 15.9 Å². The zero-order chi connectivity index (χ0) is 9.97. The van der Waals surface area contributed by atoms with Gasteiger partial charge in [0.2, 0.25) is 0 Å². The molecule has 1 fully saturated rings. The molecule has 0 unspecified atom stereocenters. The Hall–Kier alpha value is -0.410. The second-order valence-corrected chi connectivity index (χ2v) is 4.59. The molecule has 0 aromatic carbocycles. The molecule has 2 heterocycles. The topological polar surface area (TPSA) is 24.9 Å². The molecule has 0 aliphatic carbocycles. The number of pyridine rings is 1. The van der Waals surface area contributed by atoms with Gasteiger partial charge in [0.15, 0.2) is 0 Å². The van der Waals surface area contributed by atoms with Crippen LogP contribution in [0.15, 0.2) is 16.9 Å². The number of hydrogen-bond donors (Lipinski definition) is 1. The second-order valence-electron chi connectivity index (χ2n) is 3.83. The van der Waals surface area contributed by atoms with E-state index in [1.54, 1.807) is 0 Å². The van der Waals surface area contributed by atoms with E-state index in [9.17, 15) is 0 Å². The van der Waals surface area contributed by atoms with Gasteiger partial charge in [-0.1, -0.05) is 6.42 Å². The molecular formula is C11H15BrN2. The Bertz CT molecular complexity index is 299. The van der Waals surface area contributed by atoms with E-state index in [0.29, 0.717) is 6.04 Å². The molecule has 1 atom stereocenters. The smallest absolute Gasteiger partial charge is 0.111 e. The molecule has 0 bridgehead atoms. The lowest BCUT2D eigenvalue weighted by Gasteiger charge is -2.25. The molecule has 1 aromatic rings. The number of hydrogen-bond acceptors (Lipinski definition) is 2. The summed E-state index contributed by atoms with van der Waals surface area (Å²) >= 11 is 3.53. The van der Waals surface area contributed by atoms with Crippen molar-refractivity contribution in [2.24, 2.45) is 0 Å². The molecule has 1 saturated heterocycles. The number of nitrogens with one attached hydrogen (secondary N) is 1. The monoisotopic (exact) mass is 254 g/mol. The number of aryl methyl sites for hydroxylation is 1. The zero-order valence-electron chi connectivity index (χ0n) is 8.39. The minimum atomic E-state index is 0.492. The average Bonchev–Trinajstić information content (AvgIpc) is 2.19. The van der Waals surface area contributed by atoms with Gasteiger partial charge in [0.25, 0.3) is 0 Å². The third-order valence-electron chi connectivity index (χ3n) is 2.82. The lowest BCUT2D eigenvalue weighted by Crippen LogP contribution is -2.27. The Morgan fingerprint density at radius 1 is 1.50 bits per heavy atom. The van der Waals surface area contributed by atoms with E-state index in [1.807, 2.05) is 6.20 Å². The Kier molecular flexibility index (Phi) is 3.19. The van der Waals surface area contributed by atoms with Crippen molar-refractivity contribution in [3.05, 3.63) is 28.0 Å². The molecule has 2 nitrogen and oxygen atoms in total. The first kappa shape index (κ1) is 10.1. The minimum Gasteiger partial charge on any atom is -0.310 e. The highest BCUT2D eigenvalue weighted by molar-refractivity contribution is 9.10. The lowest BCUT2D eigenvalue weighted by atomic mass is 9.96. The van der Waals surface area contributed by atoms with Crippen molar-refractivity contribution < 1.29 is 0 Å². The van der Waals surface area contributed by atoms with Crippen molar-refractivity contribution in [2.45, 2.75) is 32.2 Å². The summed E-state index contributed by atoms with van der Waals surface area (Å²) in [5.41, 5.74) is 2.67. The molecule has 1 aromatic heterocycles. The molecule has 0 saturated carbocycles. The molecule has 3 heteroatoms. The first-order valence-corrected chi connectivity index (χ1v) is 5.92. The van der Waals surface area contributed by atoms with Crippen molar-refractivity contribution in [2.75, 3.05) is 6.54 Å². The molecule has 0 radical (unpaired) electrons. The van der Waals surface area contributed by atoms with Crippen molar-refractivity contribution in [1.29, 1.82) is 0 Å². The van der Waals surface area contributed by atoms with E-state index in [1.165, 1.54) is 30.4 Å². The number of halogens is 1. The molecular weight excluding hydrogens is 240 g/mol. The quantitative estimate of drug-likeness (QED) is 0.780. The molecule has 1 N–H and O–H groups in total. The summed E-state index contributed by atoms with van der Waals surface area (Å²) in [6.45, 7) is 3.28. The van der Waals surface area contributed by atoms with E-state index in [0.717, 1.165) is 11.1 Å². The van der Waals surface area contributed by atoms with E-state index >= 15 is 0 Å². The molecule has 0 spiro atoms. The van der Waals surface area contributed by atoms with Crippen LogP contribution in [-0.4, -0.2) is 11.5 Å². The van der Waals surface area contributed by atoms with Crippen LogP contribution < -0.4 is 5.32 Å². The SMILES string of the molecule is Cc1ccnc(Br)c1[C@@H]1CCCCN1. The van der Waals surface area contributed by atoms with Crippen LogP contribution in [-0.2, 0) is 0 Å². The summed E-state index contributed by atoms with van der Waals surface area (Å²) in [4.78, 5) is 4.29. The number of nitrogens with zero attached hydrogens (tertiary/aromatic N) is 1.